The number of ether oxygens (including phenoxy) is 2. The van der Waals surface area contributed by atoms with Gasteiger partial charge in [0.1, 0.15) is 6.42 Å². The van der Waals surface area contributed by atoms with Gasteiger partial charge in [-0.25, -0.2) is 0 Å². The molecule has 3 saturated heterocycles. The third kappa shape index (κ3) is 3.67. The summed E-state index contributed by atoms with van der Waals surface area (Å²) in [6.45, 7) is 14.1. The summed E-state index contributed by atoms with van der Waals surface area (Å²) >= 11 is 0. The van der Waals surface area contributed by atoms with Crippen LogP contribution >= 0.6 is 0 Å². The smallest absolute Gasteiger partial charge is 0.232 e. The summed E-state index contributed by atoms with van der Waals surface area (Å²) in [5.74, 6) is 4.60. The molecule has 3 aliphatic heterocycles. The van der Waals surface area contributed by atoms with E-state index in [1.54, 1.807) is 0 Å². The van der Waals surface area contributed by atoms with Crippen molar-refractivity contribution in [1.29, 1.82) is 0 Å². The number of nitrogens with one attached hydrogen (secondary N) is 2. The van der Waals surface area contributed by atoms with Crippen LogP contribution in [0.3, 0.4) is 0 Å². The normalized spacial score (nSPS) is 55.0. The molecule has 41 heavy (non-hydrogen) atoms. The third-order valence-corrected chi connectivity index (χ3v) is 14.9. The molecule has 1 spiro atoms. The second-order valence-electron chi connectivity index (χ2n) is 16.6. The van der Waals surface area contributed by atoms with Crippen LogP contribution in [-0.2, 0) is 19.1 Å². The van der Waals surface area contributed by atoms with Crippen LogP contribution in [0.1, 0.15) is 91.9 Å². The van der Waals surface area contributed by atoms with Crippen molar-refractivity contribution >= 4 is 11.8 Å². The first-order valence-electron chi connectivity index (χ1n) is 17.2. The molecule has 8 rings (SSSR count). The quantitative estimate of drug-likeness (QED) is 0.496. The Morgan fingerprint density at radius 2 is 1.73 bits per heavy atom. The van der Waals surface area contributed by atoms with E-state index in [2.05, 4.69) is 38.3 Å². The van der Waals surface area contributed by atoms with Crippen molar-refractivity contribution in [3.8, 4) is 0 Å². The molecular formula is C34H53N3O4. The van der Waals surface area contributed by atoms with E-state index in [1.165, 1.54) is 44.9 Å². The Bertz CT molecular complexity index is 1110. The van der Waals surface area contributed by atoms with Gasteiger partial charge >= 0.3 is 0 Å². The van der Waals surface area contributed by atoms with Gasteiger partial charge in [-0.3, -0.25) is 9.59 Å². The largest absolute Gasteiger partial charge is 0.353 e. The van der Waals surface area contributed by atoms with E-state index in [1.807, 2.05) is 4.90 Å². The van der Waals surface area contributed by atoms with Crippen LogP contribution in [0.25, 0.3) is 0 Å². The highest BCUT2D eigenvalue weighted by Crippen LogP contribution is 2.84. The van der Waals surface area contributed by atoms with Gasteiger partial charge in [0.25, 0.3) is 0 Å². The fourth-order valence-electron chi connectivity index (χ4n) is 13.0. The maximum Gasteiger partial charge on any atom is 0.232 e. The highest BCUT2D eigenvalue weighted by molar-refractivity contribution is 5.97. The molecule has 5 aliphatic carbocycles. The molecule has 8 fully saturated rings. The SMILES string of the molecule is C[C@@H]1CO[C@]23O[C@H]4C[C@H]5[C@@H]6CC[C@@H]7C[C@H](NC(=O)CC(=O)N8CCNCC8)CC[C@]7(C)[C@H]6CC[C@]5(C)[C@H]4[C@]2(C)C3C1. The molecule has 0 aromatic rings. The molecule has 3 heterocycles. The highest BCUT2D eigenvalue weighted by atomic mass is 16.7. The first kappa shape index (κ1) is 27.4. The molecule has 5 saturated carbocycles. The van der Waals surface area contributed by atoms with Gasteiger partial charge in [-0.05, 0) is 98.2 Å². The lowest BCUT2D eigenvalue weighted by molar-refractivity contribution is -0.212. The monoisotopic (exact) mass is 567 g/mol. The molecule has 228 valence electrons. The molecule has 7 nitrogen and oxygen atoms in total. The number of carbonyl (C=O) groups is 2. The van der Waals surface area contributed by atoms with Gasteiger partial charge in [0, 0.05) is 49.5 Å². The van der Waals surface area contributed by atoms with E-state index in [4.69, 9.17) is 9.47 Å². The minimum atomic E-state index is -0.262. The lowest BCUT2D eigenvalue weighted by Crippen LogP contribution is -2.56. The Morgan fingerprint density at radius 1 is 0.951 bits per heavy atom. The van der Waals surface area contributed by atoms with Gasteiger partial charge in [0.2, 0.25) is 11.8 Å². The maximum absolute atomic E-state index is 12.9. The van der Waals surface area contributed by atoms with E-state index in [0.717, 1.165) is 50.3 Å². The Morgan fingerprint density at radius 3 is 2.54 bits per heavy atom. The van der Waals surface area contributed by atoms with Crippen molar-refractivity contribution < 1.29 is 19.1 Å². The molecule has 0 bridgehead atoms. The third-order valence-electron chi connectivity index (χ3n) is 14.9. The Hall–Kier alpha value is -1.18. The van der Waals surface area contributed by atoms with Gasteiger partial charge in [-0.2, -0.15) is 0 Å². The minimum Gasteiger partial charge on any atom is -0.353 e. The zero-order chi connectivity index (χ0) is 28.4. The number of amides is 2. The second-order valence-corrected chi connectivity index (χ2v) is 16.6. The Kier molecular flexibility index (Phi) is 6.12. The van der Waals surface area contributed by atoms with E-state index >= 15 is 0 Å². The van der Waals surface area contributed by atoms with Gasteiger partial charge in [-0.1, -0.05) is 27.7 Å². The fraction of sp³-hybridized carbons (Fsp3) is 0.941. The number of piperazine rings is 1. The zero-order valence-electron chi connectivity index (χ0n) is 25.9. The first-order chi connectivity index (χ1) is 19.6. The average Bonchev–Trinajstić information content (AvgIpc) is 3.17. The number of carbonyl (C=O) groups excluding carboxylic acids is 2. The molecule has 8 aliphatic rings. The molecule has 0 radical (unpaired) electrons. The standard InChI is InChI=1S/C34H53N3O4/c1-20-15-27-33(4)30-26(41-34(27,33)40-19-20)17-25-23-6-5-21-16-22(7-9-31(21,2)24(23)8-10-32(25,30)3)36-28(38)18-29(39)37-13-11-35-12-14-37/h20-27,30,35H,5-19H2,1-4H3,(H,36,38)/t20-,21+,22+,23+,24-,25-,26-,27?,30-,31-,32-,33-,34+/m0/s1. The summed E-state index contributed by atoms with van der Waals surface area (Å²) in [5, 5.41) is 6.57. The van der Waals surface area contributed by atoms with Crippen molar-refractivity contribution in [2.24, 2.45) is 57.7 Å². The number of nitrogens with zero attached hydrogens (tertiary/aromatic N) is 1. The van der Waals surface area contributed by atoms with Crippen LogP contribution < -0.4 is 10.6 Å². The first-order valence-corrected chi connectivity index (χ1v) is 17.2. The van der Waals surface area contributed by atoms with Crippen LogP contribution in [0, 0.1) is 57.7 Å². The van der Waals surface area contributed by atoms with E-state index in [-0.39, 0.29) is 35.5 Å². The maximum atomic E-state index is 12.9. The summed E-state index contributed by atoms with van der Waals surface area (Å²) in [6, 6.07) is 0.220. The highest BCUT2D eigenvalue weighted by Gasteiger charge is 2.89. The predicted molar refractivity (Wildman–Crippen MR) is 156 cm³/mol. The summed E-state index contributed by atoms with van der Waals surface area (Å²) in [6.07, 6.45) is 11.6. The Balaban J connectivity index is 0.928. The number of rotatable bonds is 3. The van der Waals surface area contributed by atoms with Crippen molar-refractivity contribution in [3.05, 3.63) is 0 Å². The van der Waals surface area contributed by atoms with E-state index in [0.29, 0.717) is 53.7 Å². The number of hydrogen-bond donors (Lipinski definition) is 2. The summed E-state index contributed by atoms with van der Waals surface area (Å²) in [7, 11) is 0. The molecule has 0 aromatic heterocycles. The van der Waals surface area contributed by atoms with Crippen LogP contribution in [-0.4, -0.2) is 67.4 Å². The van der Waals surface area contributed by atoms with E-state index < -0.39 is 0 Å². The van der Waals surface area contributed by atoms with Crippen molar-refractivity contribution in [2.45, 2.75) is 110 Å². The summed E-state index contributed by atoms with van der Waals surface area (Å²) in [4.78, 5) is 27.3. The molecule has 7 heteroatoms. The minimum absolute atomic E-state index is 0.00118. The van der Waals surface area contributed by atoms with Gasteiger partial charge in [-0.15, -0.1) is 0 Å². The molecular weight excluding hydrogens is 514 g/mol. The topological polar surface area (TPSA) is 79.9 Å². The lowest BCUT2D eigenvalue weighted by Gasteiger charge is -2.61. The zero-order valence-corrected chi connectivity index (χ0v) is 25.9. The number of fused-ring (bicyclic) bond motifs is 9. The summed E-state index contributed by atoms with van der Waals surface area (Å²) < 4.78 is 13.5. The van der Waals surface area contributed by atoms with Crippen LogP contribution in [0.2, 0.25) is 0 Å². The molecule has 2 amide bonds. The Labute approximate surface area is 246 Å². The second kappa shape index (κ2) is 9.17. The molecule has 13 atom stereocenters. The van der Waals surface area contributed by atoms with Gasteiger partial charge in [0.05, 0.1) is 12.7 Å². The number of hydrogen-bond acceptors (Lipinski definition) is 5. The fourth-order valence-corrected chi connectivity index (χ4v) is 13.0. The van der Waals surface area contributed by atoms with Gasteiger partial charge in [0.15, 0.2) is 5.79 Å². The average molecular weight is 568 g/mol. The van der Waals surface area contributed by atoms with Crippen LogP contribution in [0.4, 0.5) is 0 Å². The van der Waals surface area contributed by atoms with Crippen molar-refractivity contribution in [2.75, 3.05) is 32.8 Å². The van der Waals surface area contributed by atoms with E-state index in [9.17, 15) is 9.59 Å². The molecule has 2 N–H and O–H groups in total. The van der Waals surface area contributed by atoms with Crippen molar-refractivity contribution in [3.63, 3.8) is 0 Å². The van der Waals surface area contributed by atoms with Gasteiger partial charge < -0.3 is 25.0 Å². The van der Waals surface area contributed by atoms with Crippen molar-refractivity contribution in [1.82, 2.24) is 15.5 Å². The predicted octanol–water partition coefficient (Wildman–Crippen LogP) is 4.35. The molecule has 1 unspecified atom stereocenters. The summed E-state index contributed by atoms with van der Waals surface area (Å²) in [5.41, 5.74) is 0.958. The van der Waals surface area contributed by atoms with Crippen LogP contribution in [0.15, 0.2) is 0 Å². The lowest BCUT2D eigenvalue weighted by atomic mass is 9.44. The molecule has 0 aromatic carbocycles. The van der Waals surface area contributed by atoms with Crippen LogP contribution in [0.5, 0.6) is 0 Å².